The number of hydrogen-bond donors (Lipinski definition) is 0. The van der Waals surface area contributed by atoms with Crippen molar-refractivity contribution in [2.75, 3.05) is 6.61 Å². The number of ether oxygens (including phenoxy) is 1. The topological polar surface area (TPSA) is 26.3 Å². The van der Waals surface area contributed by atoms with Crippen LogP contribution in [0.2, 0.25) is 0 Å². The van der Waals surface area contributed by atoms with Crippen LogP contribution in [0.3, 0.4) is 0 Å². The molecule has 27 heavy (non-hydrogen) atoms. The van der Waals surface area contributed by atoms with Gasteiger partial charge < -0.3 is 4.74 Å². The van der Waals surface area contributed by atoms with E-state index in [2.05, 4.69) is 0 Å². The van der Waals surface area contributed by atoms with Crippen LogP contribution in [-0.2, 0) is 22.1 Å². The summed E-state index contributed by atoms with van der Waals surface area (Å²) in [7, 11) is 0. The van der Waals surface area contributed by atoms with Crippen molar-refractivity contribution in [1.29, 1.82) is 0 Å². The third-order valence-corrected chi connectivity index (χ3v) is 4.38. The van der Waals surface area contributed by atoms with Crippen molar-refractivity contribution < 1.29 is 27.1 Å². The summed E-state index contributed by atoms with van der Waals surface area (Å²) in [5.74, 6) is -0.827. The Labute approximate surface area is 156 Å². The molecule has 0 amide bonds. The molecule has 0 aromatic heterocycles. The number of alkyl halides is 3. The molecule has 2 aromatic carbocycles. The summed E-state index contributed by atoms with van der Waals surface area (Å²) in [6, 6.07) is 5.41. The lowest BCUT2D eigenvalue weighted by atomic mass is 9.90. The predicted octanol–water partition coefficient (Wildman–Crippen LogP) is 5.93. The maximum absolute atomic E-state index is 14.5. The maximum atomic E-state index is 14.5. The Morgan fingerprint density at radius 1 is 1.00 bits per heavy atom. The SMILES string of the molecule is CCOC(=O)CCc1cc(-c2c(C)cc(C(F)(F)F)cc2C)cc(C)c1F. The van der Waals surface area contributed by atoms with Crippen LogP contribution >= 0.6 is 0 Å². The summed E-state index contributed by atoms with van der Waals surface area (Å²) in [5, 5.41) is 0. The maximum Gasteiger partial charge on any atom is 0.416 e. The van der Waals surface area contributed by atoms with Gasteiger partial charge in [-0.15, -0.1) is 0 Å². The van der Waals surface area contributed by atoms with Crippen molar-refractivity contribution in [3.8, 4) is 11.1 Å². The molecule has 0 radical (unpaired) electrons. The van der Waals surface area contributed by atoms with Crippen LogP contribution in [0.5, 0.6) is 0 Å². The van der Waals surface area contributed by atoms with Crippen LogP contribution in [0.1, 0.15) is 41.2 Å². The van der Waals surface area contributed by atoms with Gasteiger partial charge in [0.25, 0.3) is 0 Å². The molecule has 0 aliphatic rings. The van der Waals surface area contributed by atoms with Crippen molar-refractivity contribution in [2.24, 2.45) is 0 Å². The average molecular weight is 382 g/mol. The van der Waals surface area contributed by atoms with Crippen molar-refractivity contribution in [3.05, 3.63) is 57.9 Å². The summed E-state index contributed by atoms with van der Waals surface area (Å²) in [6.07, 6.45) is -4.21. The zero-order valence-corrected chi connectivity index (χ0v) is 15.8. The van der Waals surface area contributed by atoms with Crippen LogP contribution in [0.25, 0.3) is 11.1 Å². The molecule has 0 heterocycles. The van der Waals surface area contributed by atoms with Gasteiger partial charge in [0.05, 0.1) is 12.2 Å². The smallest absolute Gasteiger partial charge is 0.416 e. The van der Waals surface area contributed by atoms with Gasteiger partial charge in [0, 0.05) is 6.42 Å². The molecule has 146 valence electrons. The number of carbonyl (C=O) groups is 1. The molecule has 6 heteroatoms. The van der Waals surface area contributed by atoms with Gasteiger partial charge in [-0.2, -0.15) is 13.2 Å². The highest BCUT2D eigenvalue weighted by Crippen LogP contribution is 2.36. The Bertz CT molecular complexity index is 831. The molecule has 2 rings (SSSR count). The molecule has 0 N–H and O–H groups in total. The number of benzene rings is 2. The van der Waals surface area contributed by atoms with E-state index in [-0.39, 0.29) is 19.4 Å². The van der Waals surface area contributed by atoms with Gasteiger partial charge in [-0.3, -0.25) is 4.79 Å². The molecule has 0 saturated carbocycles. The highest BCUT2D eigenvalue weighted by atomic mass is 19.4. The minimum atomic E-state index is -4.42. The third-order valence-electron chi connectivity index (χ3n) is 4.38. The van der Waals surface area contributed by atoms with Crippen LogP contribution in [0.15, 0.2) is 24.3 Å². The molecule has 2 aromatic rings. The molecule has 0 aliphatic heterocycles. The fourth-order valence-electron chi connectivity index (χ4n) is 3.22. The lowest BCUT2D eigenvalue weighted by Crippen LogP contribution is -2.08. The Morgan fingerprint density at radius 3 is 2.11 bits per heavy atom. The van der Waals surface area contributed by atoms with Gasteiger partial charge >= 0.3 is 12.1 Å². The number of carbonyl (C=O) groups excluding carboxylic acids is 1. The summed E-state index contributed by atoms with van der Waals surface area (Å²) in [6.45, 7) is 6.76. The predicted molar refractivity (Wildman–Crippen MR) is 96.0 cm³/mol. The molecule has 0 aliphatic carbocycles. The zero-order chi connectivity index (χ0) is 20.4. The molecule has 0 saturated heterocycles. The van der Waals surface area contributed by atoms with E-state index < -0.39 is 23.5 Å². The molecule has 0 atom stereocenters. The second-order valence-corrected chi connectivity index (χ2v) is 6.55. The summed E-state index contributed by atoms with van der Waals surface area (Å²) in [5.41, 5.74) is 2.22. The van der Waals surface area contributed by atoms with Gasteiger partial charge in [-0.1, -0.05) is 0 Å². The Hall–Kier alpha value is -2.37. The van der Waals surface area contributed by atoms with E-state index in [9.17, 15) is 22.4 Å². The van der Waals surface area contributed by atoms with Crippen molar-refractivity contribution in [3.63, 3.8) is 0 Å². The van der Waals surface area contributed by atoms with Gasteiger partial charge in [0.15, 0.2) is 0 Å². The standard InChI is InChI=1S/C21H22F4O2/c1-5-27-18(26)7-6-15-11-16(8-14(4)20(15)22)19-12(2)9-17(10-13(19)3)21(23,24)25/h8-11H,5-7H2,1-4H3. The lowest BCUT2D eigenvalue weighted by Gasteiger charge is -2.17. The van der Waals surface area contributed by atoms with Gasteiger partial charge in [-0.05, 0) is 91.8 Å². The Morgan fingerprint density at radius 2 is 1.59 bits per heavy atom. The van der Waals surface area contributed by atoms with Gasteiger partial charge in [0.2, 0.25) is 0 Å². The van der Waals surface area contributed by atoms with Crippen LogP contribution in [0.4, 0.5) is 17.6 Å². The van der Waals surface area contributed by atoms with Gasteiger partial charge in [0.1, 0.15) is 5.82 Å². The molecule has 2 nitrogen and oxygen atoms in total. The Kier molecular flexibility index (Phi) is 6.29. The molecule has 0 fully saturated rings. The molecule has 0 bridgehead atoms. The van der Waals surface area contributed by atoms with E-state index >= 15 is 0 Å². The number of rotatable bonds is 5. The van der Waals surface area contributed by atoms with E-state index in [1.807, 2.05) is 0 Å². The highest BCUT2D eigenvalue weighted by molar-refractivity contribution is 5.73. The van der Waals surface area contributed by atoms with Crippen LogP contribution in [-0.4, -0.2) is 12.6 Å². The molecular weight excluding hydrogens is 360 g/mol. The summed E-state index contributed by atoms with van der Waals surface area (Å²) in [4.78, 5) is 11.6. The van der Waals surface area contributed by atoms with E-state index in [1.165, 1.54) is 0 Å². The second-order valence-electron chi connectivity index (χ2n) is 6.55. The number of halogens is 4. The first-order valence-electron chi connectivity index (χ1n) is 8.68. The van der Waals surface area contributed by atoms with Crippen LogP contribution < -0.4 is 0 Å². The largest absolute Gasteiger partial charge is 0.466 e. The average Bonchev–Trinajstić information content (AvgIpc) is 2.55. The third kappa shape index (κ3) is 4.87. The van der Waals surface area contributed by atoms with E-state index in [1.54, 1.807) is 39.8 Å². The monoisotopic (exact) mass is 382 g/mol. The summed E-state index contributed by atoms with van der Waals surface area (Å²) < 4.78 is 58.3. The fourth-order valence-corrected chi connectivity index (χ4v) is 3.22. The van der Waals surface area contributed by atoms with Gasteiger partial charge in [-0.25, -0.2) is 4.39 Å². The zero-order valence-electron chi connectivity index (χ0n) is 15.8. The first-order chi connectivity index (χ1) is 12.5. The second kappa shape index (κ2) is 8.11. The minimum absolute atomic E-state index is 0.0403. The van der Waals surface area contributed by atoms with E-state index in [4.69, 9.17) is 4.74 Å². The normalized spacial score (nSPS) is 11.6. The van der Waals surface area contributed by atoms with E-state index in [0.29, 0.717) is 33.4 Å². The number of hydrogen-bond acceptors (Lipinski definition) is 2. The number of aryl methyl sites for hydroxylation is 4. The summed E-state index contributed by atoms with van der Waals surface area (Å²) >= 11 is 0. The number of esters is 1. The van der Waals surface area contributed by atoms with Crippen molar-refractivity contribution in [1.82, 2.24) is 0 Å². The lowest BCUT2D eigenvalue weighted by molar-refractivity contribution is -0.143. The van der Waals surface area contributed by atoms with E-state index in [0.717, 1.165) is 12.1 Å². The minimum Gasteiger partial charge on any atom is -0.466 e. The highest BCUT2D eigenvalue weighted by Gasteiger charge is 2.31. The quantitative estimate of drug-likeness (QED) is 0.473. The fraction of sp³-hybridized carbons (Fsp3) is 0.381. The Balaban J connectivity index is 2.46. The molecular formula is C21H22F4O2. The molecule has 0 spiro atoms. The first kappa shape index (κ1) is 20.9. The first-order valence-corrected chi connectivity index (χ1v) is 8.68. The van der Waals surface area contributed by atoms with Crippen molar-refractivity contribution >= 4 is 5.97 Å². The molecule has 0 unspecified atom stereocenters. The van der Waals surface area contributed by atoms with Crippen molar-refractivity contribution in [2.45, 2.75) is 46.7 Å². The van der Waals surface area contributed by atoms with Crippen LogP contribution in [0, 0.1) is 26.6 Å².